The summed E-state index contributed by atoms with van der Waals surface area (Å²) in [5.41, 5.74) is 12.7. The molecule has 0 radical (unpaired) electrons. The van der Waals surface area contributed by atoms with Gasteiger partial charge in [-0.3, -0.25) is 0 Å². The lowest BCUT2D eigenvalue weighted by atomic mass is 9.83. The van der Waals surface area contributed by atoms with Crippen LogP contribution in [0.15, 0.2) is 158 Å². The van der Waals surface area contributed by atoms with E-state index in [1.54, 1.807) is 0 Å². The maximum absolute atomic E-state index is 5.01. The van der Waals surface area contributed by atoms with Gasteiger partial charge in [0.2, 0.25) is 0 Å². The number of hydrogen-bond acceptors (Lipinski definition) is 3. The minimum Gasteiger partial charge on any atom is -0.208 e. The molecule has 0 atom stereocenters. The summed E-state index contributed by atoms with van der Waals surface area (Å²) in [7, 11) is 0. The van der Waals surface area contributed by atoms with Gasteiger partial charge >= 0.3 is 0 Å². The summed E-state index contributed by atoms with van der Waals surface area (Å²) in [6, 6.07) is 46.1. The van der Waals surface area contributed by atoms with Gasteiger partial charge in [0.05, 0.1) is 0 Å². The Morgan fingerprint density at radius 3 is 1.64 bits per heavy atom. The summed E-state index contributed by atoms with van der Waals surface area (Å²) < 4.78 is 0. The average molecular weight is 580 g/mol. The van der Waals surface area contributed by atoms with Crippen molar-refractivity contribution >= 4 is 11.1 Å². The van der Waals surface area contributed by atoms with E-state index < -0.39 is 0 Å². The number of nitrogens with zero attached hydrogens (tertiary/aromatic N) is 3. The number of rotatable bonds is 7. The molecule has 1 aromatic heterocycles. The van der Waals surface area contributed by atoms with Crippen LogP contribution in [-0.4, -0.2) is 15.0 Å². The maximum Gasteiger partial charge on any atom is 0.164 e. The quantitative estimate of drug-likeness (QED) is 0.189. The first kappa shape index (κ1) is 28.1. The van der Waals surface area contributed by atoms with Gasteiger partial charge < -0.3 is 0 Å². The molecule has 6 aromatic rings. The summed E-state index contributed by atoms with van der Waals surface area (Å²) in [4.78, 5) is 14.9. The molecule has 1 heterocycles. The molecular formula is C42H33N3. The van der Waals surface area contributed by atoms with Crippen LogP contribution in [0.4, 0.5) is 0 Å². The van der Waals surface area contributed by atoms with E-state index in [1.165, 1.54) is 39.0 Å². The minimum absolute atomic E-state index is 0.661. The molecular weight excluding hydrogens is 546 g/mol. The fourth-order valence-corrected chi connectivity index (χ4v) is 6.06. The van der Waals surface area contributed by atoms with Crippen molar-refractivity contribution in [2.24, 2.45) is 0 Å². The largest absolute Gasteiger partial charge is 0.208 e. The molecule has 0 unspecified atom stereocenters. The summed E-state index contributed by atoms with van der Waals surface area (Å²) in [5, 5.41) is 0. The Balaban J connectivity index is 1.33. The topological polar surface area (TPSA) is 38.7 Å². The lowest BCUT2D eigenvalue weighted by Gasteiger charge is -2.22. The van der Waals surface area contributed by atoms with Gasteiger partial charge in [-0.2, -0.15) is 0 Å². The van der Waals surface area contributed by atoms with Crippen LogP contribution >= 0.6 is 0 Å². The monoisotopic (exact) mass is 579 g/mol. The first-order valence-electron chi connectivity index (χ1n) is 15.4. The molecule has 216 valence electrons. The Kier molecular flexibility index (Phi) is 7.82. The third-order valence-electron chi connectivity index (χ3n) is 8.48. The van der Waals surface area contributed by atoms with Crippen molar-refractivity contribution in [2.45, 2.75) is 19.8 Å². The highest BCUT2D eigenvalue weighted by Crippen LogP contribution is 2.39. The molecule has 0 amide bonds. The first-order chi connectivity index (χ1) is 22.2. The molecule has 5 aromatic carbocycles. The van der Waals surface area contributed by atoms with Gasteiger partial charge in [-0.05, 0) is 70.4 Å². The normalized spacial score (nSPS) is 13.0. The van der Waals surface area contributed by atoms with Gasteiger partial charge in [-0.15, -0.1) is 0 Å². The van der Waals surface area contributed by atoms with Crippen molar-refractivity contribution < 1.29 is 0 Å². The van der Waals surface area contributed by atoms with Crippen molar-refractivity contribution in [3.63, 3.8) is 0 Å². The number of benzene rings is 5. The molecule has 0 fully saturated rings. The Hall–Kier alpha value is -5.67. The smallest absolute Gasteiger partial charge is 0.164 e. The van der Waals surface area contributed by atoms with Crippen LogP contribution < -0.4 is 0 Å². The number of hydrogen-bond donors (Lipinski definition) is 0. The third kappa shape index (κ3) is 5.81. The predicted molar refractivity (Wildman–Crippen MR) is 187 cm³/mol. The van der Waals surface area contributed by atoms with Crippen LogP contribution in [0.2, 0.25) is 0 Å². The van der Waals surface area contributed by atoms with Gasteiger partial charge in [-0.1, -0.05) is 146 Å². The molecule has 0 spiro atoms. The maximum atomic E-state index is 5.01. The summed E-state index contributed by atoms with van der Waals surface area (Å²) in [5.74, 6) is 1.99. The van der Waals surface area contributed by atoms with E-state index in [-0.39, 0.29) is 0 Å². The van der Waals surface area contributed by atoms with Crippen molar-refractivity contribution in [2.75, 3.05) is 0 Å². The second kappa shape index (κ2) is 12.5. The molecule has 45 heavy (non-hydrogen) atoms. The zero-order valence-electron chi connectivity index (χ0n) is 25.3. The Labute approximate surface area is 265 Å². The zero-order valence-corrected chi connectivity index (χ0v) is 25.3. The van der Waals surface area contributed by atoms with Crippen LogP contribution in [-0.2, 0) is 0 Å². The molecule has 0 N–H and O–H groups in total. The van der Waals surface area contributed by atoms with E-state index in [0.717, 1.165) is 35.1 Å². The first-order valence-corrected chi connectivity index (χ1v) is 15.4. The second-order valence-electron chi connectivity index (χ2n) is 11.3. The molecule has 3 heteroatoms. The lowest BCUT2D eigenvalue weighted by Crippen LogP contribution is -2.03. The van der Waals surface area contributed by atoms with Gasteiger partial charge in [-0.25, -0.2) is 15.0 Å². The van der Waals surface area contributed by atoms with Gasteiger partial charge in [0.15, 0.2) is 17.5 Å². The van der Waals surface area contributed by atoms with E-state index in [2.05, 4.69) is 92.4 Å². The standard InChI is InChI=1S/C42H33N3/c1-3-30-25-26-36(35-22-13-21-34(27-35)31-15-7-4-8-16-31)28-39(30)37-23-14-24-38(29(37)2)42-44-40(32-17-9-5-10-18-32)43-41(45-42)33-19-11-6-12-20-33/h3-24,27-28H,1,25-26H2,2H3. The van der Waals surface area contributed by atoms with Crippen LogP contribution in [0.1, 0.15) is 29.5 Å². The highest BCUT2D eigenvalue weighted by Gasteiger charge is 2.20. The summed E-state index contributed by atoms with van der Waals surface area (Å²) in [6.07, 6.45) is 6.27. The number of allylic oxidation sites excluding steroid dienone is 5. The Morgan fingerprint density at radius 2 is 1.02 bits per heavy atom. The molecule has 3 nitrogen and oxygen atoms in total. The molecule has 0 saturated carbocycles. The van der Waals surface area contributed by atoms with Crippen molar-refractivity contribution in [3.8, 4) is 45.3 Å². The predicted octanol–water partition coefficient (Wildman–Crippen LogP) is 10.7. The van der Waals surface area contributed by atoms with E-state index >= 15 is 0 Å². The summed E-state index contributed by atoms with van der Waals surface area (Å²) >= 11 is 0. The van der Waals surface area contributed by atoms with E-state index in [1.807, 2.05) is 66.7 Å². The van der Waals surface area contributed by atoms with Crippen LogP contribution in [0, 0.1) is 6.92 Å². The molecule has 0 bridgehead atoms. The second-order valence-corrected chi connectivity index (χ2v) is 11.3. The average Bonchev–Trinajstić information content (AvgIpc) is 3.12. The van der Waals surface area contributed by atoms with Crippen molar-refractivity contribution in [1.82, 2.24) is 15.0 Å². The molecule has 0 saturated heterocycles. The summed E-state index contributed by atoms with van der Waals surface area (Å²) in [6.45, 7) is 6.36. The van der Waals surface area contributed by atoms with E-state index in [0.29, 0.717) is 17.5 Å². The Morgan fingerprint density at radius 1 is 0.511 bits per heavy atom. The molecule has 1 aliphatic rings. The Bertz CT molecular complexity index is 2000. The van der Waals surface area contributed by atoms with Gasteiger partial charge in [0, 0.05) is 16.7 Å². The van der Waals surface area contributed by atoms with Gasteiger partial charge in [0.25, 0.3) is 0 Å². The lowest BCUT2D eigenvalue weighted by molar-refractivity contribution is 1.01. The fraction of sp³-hybridized carbons (Fsp3) is 0.0714. The van der Waals surface area contributed by atoms with Gasteiger partial charge in [0.1, 0.15) is 0 Å². The number of aromatic nitrogens is 3. The molecule has 7 rings (SSSR count). The van der Waals surface area contributed by atoms with E-state index in [4.69, 9.17) is 15.0 Å². The zero-order chi connectivity index (χ0) is 30.6. The molecule has 1 aliphatic carbocycles. The fourth-order valence-electron chi connectivity index (χ4n) is 6.06. The SMILES string of the molecule is C=CC1=C(c2cccc(-c3nc(-c4ccccc4)nc(-c4ccccc4)n3)c2C)C=C(c2cccc(-c3ccccc3)c2)CC1. The van der Waals surface area contributed by atoms with Crippen LogP contribution in [0.5, 0.6) is 0 Å². The van der Waals surface area contributed by atoms with E-state index in [9.17, 15) is 0 Å². The minimum atomic E-state index is 0.661. The highest BCUT2D eigenvalue weighted by atomic mass is 15.0. The van der Waals surface area contributed by atoms with Crippen molar-refractivity contribution in [1.29, 1.82) is 0 Å². The third-order valence-corrected chi connectivity index (χ3v) is 8.48. The van der Waals surface area contributed by atoms with Crippen molar-refractivity contribution in [3.05, 3.63) is 174 Å². The molecule has 0 aliphatic heterocycles. The highest BCUT2D eigenvalue weighted by molar-refractivity contribution is 5.91. The van der Waals surface area contributed by atoms with Crippen LogP contribution in [0.25, 0.3) is 56.4 Å². The van der Waals surface area contributed by atoms with Crippen LogP contribution in [0.3, 0.4) is 0 Å².